The highest BCUT2D eigenvalue weighted by atomic mass is 16.5. The van der Waals surface area contributed by atoms with Crippen molar-refractivity contribution in [3.8, 4) is 0 Å². The summed E-state index contributed by atoms with van der Waals surface area (Å²) in [7, 11) is 0. The molecule has 8 nitrogen and oxygen atoms in total. The predicted molar refractivity (Wildman–Crippen MR) is 116 cm³/mol. The van der Waals surface area contributed by atoms with E-state index in [1.165, 1.54) is 18.2 Å². The van der Waals surface area contributed by atoms with Gasteiger partial charge in [0.15, 0.2) is 6.61 Å². The maximum Gasteiger partial charge on any atom is 0.338 e. The number of ether oxygens (including phenoxy) is 2. The van der Waals surface area contributed by atoms with Crippen molar-refractivity contribution in [3.05, 3.63) is 64.2 Å². The number of hydrogen-bond donors (Lipinski definition) is 1. The average Bonchev–Trinajstić information content (AvgIpc) is 3.37. The van der Waals surface area contributed by atoms with Crippen LogP contribution in [0.2, 0.25) is 0 Å². The molecule has 1 fully saturated rings. The highest BCUT2D eigenvalue weighted by Crippen LogP contribution is 2.26. The fraction of sp³-hybridized carbons (Fsp3) is 0.333. The number of hydrogen-bond acceptors (Lipinski definition) is 6. The minimum absolute atomic E-state index is 0.0999. The minimum Gasteiger partial charge on any atom is -0.452 e. The van der Waals surface area contributed by atoms with Gasteiger partial charge in [-0.15, -0.1) is 0 Å². The minimum atomic E-state index is -0.749. The van der Waals surface area contributed by atoms with Crippen molar-refractivity contribution in [2.75, 3.05) is 25.1 Å². The zero-order chi connectivity index (χ0) is 22.8. The van der Waals surface area contributed by atoms with Crippen LogP contribution in [0.4, 0.5) is 5.69 Å². The van der Waals surface area contributed by atoms with E-state index in [1.54, 1.807) is 6.07 Å². The number of rotatable bonds is 6. The van der Waals surface area contributed by atoms with Crippen molar-refractivity contribution in [2.45, 2.75) is 32.8 Å². The zero-order valence-corrected chi connectivity index (χ0v) is 18.0. The van der Waals surface area contributed by atoms with Crippen molar-refractivity contribution in [3.63, 3.8) is 0 Å². The Morgan fingerprint density at radius 3 is 2.56 bits per heavy atom. The molecular weight excluding hydrogens is 412 g/mol. The van der Waals surface area contributed by atoms with Crippen molar-refractivity contribution >= 4 is 29.4 Å². The molecular formula is C24H24N2O6. The van der Waals surface area contributed by atoms with Crippen molar-refractivity contribution in [1.82, 2.24) is 4.90 Å². The second-order valence-electron chi connectivity index (χ2n) is 8.04. The van der Waals surface area contributed by atoms with Gasteiger partial charge in [-0.2, -0.15) is 0 Å². The third kappa shape index (κ3) is 4.40. The summed E-state index contributed by atoms with van der Waals surface area (Å²) in [4.78, 5) is 51.0. The fourth-order valence-corrected chi connectivity index (χ4v) is 3.81. The maximum atomic E-state index is 12.7. The van der Waals surface area contributed by atoms with Gasteiger partial charge in [0, 0.05) is 12.3 Å². The summed E-state index contributed by atoms with van der Waals surface area (Å²) in [5.74, 6) is -2.08. The van der Waals surface area contributed by atoms with Crippen LogP contribution < -0.4 is 5.32 Å². The van der Waals surface area contributed by atoms with E-state index in [4.69, 9.17) is 9.47 Å². The number of carbonyl (C=O) groups excluding carboxylic acids is 4. The van der Waals surface area contributed by atoms with Gasteiger partial charge < -0.3 is 14.8 Å². The molecule has 1 atom stereocenters. The molecule has 0 unspecified atom stereocenters. The number of anilines is 1. The van der Waals surface area contributed by atoms with E-state index >= 15 is 0 Å². The van der Waals surface area contributed by atoms with Gasteiger partial charge in [0.05, 0.1) is 29.3 Å². The van der Waals surface area contributed by atoms with E-state index < -0.39 is 30.3 Å². The lowest BCUT2D eigenvalue weighted by Crippen LogP contribution is -2.36. The van der Waals surface area contributed by atoms with E-state index in [9.17, 15) is 19.2 Å². The summed E-state index contributed by atoms with van der Waals surface area (Å²) in [6, 6.07) is 9.70. The van der Waals surface area contributed by atoms with Crippen LogP contribution >= 0.6 is 0 Å². The quantitative estimate of drug-likeness (QED) is 0.552. The smallest absolute Gasteiger partial charge is 0.338 e. The summed E-state index contributed by atoms with van der Waals surface area (Å²) in [5, 5.41) is 2.68. The molecule has 0 aliphatic carbocycles. The lowest BCUT2D eigenvalue weighted by Gasteiger charge is -2.17. The van der Waals surface area contributed by atoms with E-state index in [2.05, 4.69) is 5.32 Å². The summed E-state index contributed by atoms with van der Waals surface area (Å²) in [5.41, 5.74) is 3.25. The van der Waals surface area contributed by atoms with Gasteiger partial charge in [-0.25, -0.2) is 4.79 Å². The lowest BCUT2D eigenvalue weighted by atomic mass is 10.1. The van der Waals surface area contributed by atoms with Crippen molar-refractivity contribution in [2.24, 2.45) is 0 Å². The topological polar surface area (TPSA) is 102 Å². The molecule has 0 aromatic heterocycles. The third-order valence-electron chi connectivity index (χ3n) is 5.74. The van der Waals surface area contributed by atoms with Gasteiger partial charge in [-0.1, -0.05) is 6.07 Å². The largest absolute Gasteiger partial charge is 0.452 e. The number of carbonyl (C=O) groups is 4. The number of nitrogens with one attached hydrogen (secondary N) is 1. The number of amides is 3. The van der Waals surface area contributed by atoms with Gasteiger partial charge in [0.1, 0.15) is 0 Å². The molecule has 2 aliphatic rings. The number of fused-ring (bicyclic) bond motifs is 1. The van der Waals surface area contributed by atoms with Crippen LogP contribution in [0.25, 0.3) is 0 Å². The van der Waals surface area contributed by atoms with Crippen LogP contribution in [0.5, 0.6) is 0 Å². The van der Waals surface area contributed by atoms with Crippen LogP contribution in [-0.4, -0.2) is 54.5 Å². The number of aryl methyl sites for hydroxylation is 2. The molecule has 32 heavy (non-hydrogen) atoms. The van der Waals surface area contributed by atoms with Gasteiger partial charge in [-0.05, 0) is 68.1 Å². The Bertz CT molecular complexity index is 1100. The van der Waals surface area contributed by atoms with E-state index in [0.29, 0.717) is 12.3 Å². The Morgan fingerprint density at radius 1 is 1.06 bits per heavy atom. The molecule has 2 aromatic carbocycles. The van der Waals surface area contributed by atoms with Crippen molar-refractivity contribution < 1.29 is 28.7 Å². The molecule has 3 amide bonds. The summed E-state index contributed by atoms with van der Waals surface area (Å²) < 4.78 is 10.6. The lowest BCUT2D eigenvalue weighted by molar-refractivity contribution is -0.119. The monoisotopic (exact) mass is 436 g/mol. The molecule has 2 aromatic rings. The van der Waals surface area contributed by atoms with Crippen LogP contribution in [0.15, 0.2) is 36.4 Å². The molecule has 0 radical (unpaired) electrons. The zero-order valence-electron chi connectivity index (χ0n) is 18.0. The maximum absolute atomic E-state index is 12.7. The third-order valence-corrected chi connectivity index (χ3v) is 5.74. The molecule has 166 valence electrons. The Labute approximate surface area is 185 Å². The normalized spacial score (nSPS) is 17.4. The number of esters is 1. The standard InChI is InChI=1S/C24H24N2O6/c1-14-5-7-17(10-15(14)2)25-21(27)13-32-24(30)16-6-8-19-20(11-16)23(29)26(22(19)28)12-18-4-3-9-31-18/h5-8,10-11,18H,3-4,9,12-13H2,1-2H3,(H,25,27)/t18-/m1/s1. The Balaban J connectivity index is 1.37. The summed E-state index contributed by atoms with van der Waals surface area (Å²) in [6.07, 6.45) is 1.55. The molecule has 0 saturated carbocycles. The Kier molecular flexibility index (Phi) is 6.05. The van der Waals surface area contributed by atoms with Gasteiger partial charge in [0.2, 0.25) is 0 Å². The first-order valence-corrected chi connectivity index (χ1v) is 10.5. The molecule has 8 heteroatoms. The Morgan fingerprint density at radius 2 is 1.84 bits per heavy atom. The van der Waals surface area contributed by atoms with E-state index in [1.807, 2.05) is 26.0 Å². The average molecular weight is 436 g/mol. The second-order valence-corrected chi connectivity index (χ2v) is 8.04. The van der Waals surface area contributed by atoms with E-state index in [-0.39, 0.29) is 29.3 Å². The van der Waals surface area contributed by atoms with Gasteiger partial charge >= 0.3 is 5.97 Å². The molecule has 1 N–H and O–H groups in total. The van der Waals surface area contributed by atoms with Gasteiger partial charge in [0.25, 0.3) is 17.7 Å². The number of benzene rings is 2. The summed E-state index contributed by atoms with van der Waals surface area (Å²) >= 11 is 0. The highest BCUT2D eigenvalue weighted by Gasteiger charge is 2.38. The van der Waals surface area contributed by atoms with Crippen LogP contribution in [-0.2, 0) is 14.3 Å². The molecule has 2 aliphatic heterocycles. The van der Waals surface area contributed by atoms with E-state index in [0.717, 1.165) is 28.9 Å². The number of imide groups is 1. The fourth-order valence-electron chi connectivity index (χ4n) is 3.81. The first-order valence-electron chi connectivity index (χ1n) is 10.5. The second kappa shape index (κ2) is 8.92. The van der Waals surface area contributed by atoms with Crippen LogP contribution in [0, 0.1) is 13.8 Å². The van der Waals surface area contributed by atoms with Gasteiger partial charge in [-0.3, -0.25) is 19.3 Å². The Hall–Kier alpha value is -3.52. The summed E-state index contributed by atoms with van der Waals surface area (Å²) in [6.45, 7) is 4.26. The first-order chi connectivity index (χ1) is 15.3. The molecule has 4 rings (SSSR count). The predicted octanol–water partition coefficient (Wildman–Crippen LogP) is 2.87. The molecule has 0 bridgehead atoms. The van der Waals surface area contributed by atoms with Crippen molar-refractivity contribution in [1.29, 1.82) is 0 Å². The molecule has 1 saturated heterocycles. The molecule has 0 spiro atoms. The van der Waals surface area contributed by atoms with Crippen LogP contribution in [0.1, 0.15) is 55.0 Å². The SMILES string of the molecule is Cc1ccc(NC(=O)COC(=O)c2ccc3c(c2)C(=O)N(C[C@H]2CCCO2)C3=O)cc1C. The van der Waals surface area contributed by atoms with Crippen LogP contribution in [0.3, 0.4) is 0 Å². The highest BCUT2D eigenvalue weighted by molar-refractivity contribution is 6.22. The first kappa shape index (κ1) is 21.7. The number of nitrogens with zero attached hydrogens (tertiary/aromatic N) is 1. The molecule has 2 heterocycles.